The van der Waals surface area contributed by atoms with Crippen LogP contribution in [0, 0.1) is 11.3 Å². The summed E-state index contributed by atoms with van der Waals surface area (Å²) in [5.74, 6) is 0.623. The molecule has 2 fully saturated rings. The van der Waals surface area contributed by atoms with Crippen molar-refractivity contribution in [2.24, 2.45) is 5.92 Å². The van der Waals surface area contributed by atoms with Crippen LogP contribution in [0.3, 0.4) is 0 Å². The van der Waals surface area contributed by atoms with Gasteiger partial charge in [0.15, 0.2) is 5.96 Å². The van der Waals surface area contributed by atoms with E-state index in [9.17, 15) is 4.79 Å². The Kier molecular flexibility index (Phi) is 4.18. The molecule has 2 aliphatic heterocycles. The quantitative estimate of drug-likeness (QED) is 0.885. The number of rotatable bonds is 3. The molecule has 0 aliphatic carbocycles. The number of hydrogen-bond donors (Lipinski definition) is 2. The Hall–Kier alpha value is -1.47. The number of likely N-dealkylation sites (tertiary alicyclic amines) is 1. The zero-order valence-corrected chi connectivity index (χ0v) is 13.9. The fourth-order valence-electron chi connectivity index (χ4n) is 3.44. The second-order valence-corrected chi connectivity index (χ2v) is 7.50. The zero-order valence-electron chi connectivity index (χ0n) is 13.1. The van der Waals surface area contributed by atoms with Gasteiger partial charge in [-0.2, -0.15) is 0 Å². The first kappa shape index (κ1) is 15.4. The molecule has 3 rings (SSSR count). The second kappa shape index (κ2) is 5.96. The van der Waals surface area contributed by atoms with Gasteiger partial charge in [0.05, 0.1) is 18.5 Å². The first-order chi connectivity index (χ1) is 10.5. The van der Waals surface area contributed by atoms with Gasteiger partial charge in [-0.25, -0.2) is 4.98 Å². The molecule has 7 heteroatoms. The van der Waals surface area contributed by atoms with E-state index in [-0.39, 0.29) is 17.4 Å². The molecule has 1 unspecified atom stereocenters. The van der Waals surface area contributed by atoms with Gasteiger partial charge in [-0.3, -0.25) is 20.0 Å². The van der Waals surface area contributed by atoms with Crippen LogP contribution >= 0.6 is 11.3 Å². The predicted molar refractivity (Wildman–Crippen MR) is 86.8 cm³/mol. The third kappa shape index (κ3) is 3.01. The first-order valence-electron chi connectivity index (χ1n) is 7.72. The summed E-state index contributed by atoms with van der Waals surface area (Å²) in [4.78, 5) is 20.3. The molecule has 1 aromatic rings. The first-order valence-corrected chi connectivity index (χ1v) is 8.60. The Balaban J connectivity index is 1.68. The van der Waals surface area contributed by atoms with Crippen molar-refractivity contribution in [1.29, 1.82) is 5.41 Å². The lowest BCUT2D eigenvalue weighted by atomic mass is 9.76. The van der Waals surface area contributed by atoms with E-state index < -0.39 is 0 Å². The van der Waals surface area contributed by atoms with Gasteiger partial charge in [-0.05, 0) is 32.2 Å². The molecule has 2 saturated heterocycles. The van der Waals surface area contributed by atoms with E-state index in [2.05, 4.69) is 22.1 Å². The molecular weight excluding hydrogens is 298 g/mol. The molecule has 120 valence electrons. The van der Waals surface area contributed by atoms with Gasteiger partial charge in [0.2, 0.25) is 5.91 Å². The van der Waals surface area contributed by atoms with Crippen LogP contribution in [0.1, 0.15) is 31.2 Å². The van der Waals surface area contributed by atoms with Crippen LogP contribution in [0.2, 0.25) is 0 Å². The number of amides is 1. The van der Waals surface area contributed by atoms with Gasteiger partial charge >= 0.3 is 0 Å². The van der Waals surface area contributed by atoms with Crippen molar-refractivity contribution in [2.75, 3.05) is 20.1 Å². The summed E-state index contributed by atoms with van der Waals surface area (Å²) in [7, 11) is 1.66. The highest BCUT2D eigenvalue weighted by atomic mass is 32.1. The van der Waals surface area contributed by atoms with Crippen molar-refractivity contribution < 1.29 is 4.79 Å². The molecule has 3 heterocycles. The summed E-state index contributed by atoms with van der Waals surface area (Å²) in [6.07, 6.45) is 4.54. The Morgan fingerprint density at radius 1 is 1.59 bits per heavy atom. The van der Waals surface area contributed by atoms with Gasteiger partial charge in [-0.1, -0.05) is 0 Å². The van der Waals surface area contributed by atoms with E-state index in [1.54, 1.807) is 18.4 Å². The highest BCUT2D eigenvalue weighted by Gasteiger charge is 2.43. The summed E-state index contributed by atoms with van der Waals surface area (Å²) in [6.45, 7) is 5.00. The summed E-state index contributed by atoms with van der Waals surface area (Å²) in [6, 6.07) is 0. The maximum Gasteiger partial charge on any atom is 0.231 e. The lowest BCUT2D eigenvalue weighted by Gasteiger charge is -2.47. The Morgan fingerprint density at radius 2 is 2.41 bits per heavy atom. The molecule has 0 spiro atoms. The largest absolute Gasteiger partial charge is 0.350 e. The lowest BCUT2D eigenvalue weighted by Crippen LogP contribution is -2.64. The molecule has 1 amide bonds. The number of guanidine groups is 1. The SMILES string of the molecule is CN1C(=N)N[C@](C)(C2CCCN(Cc3nccs3)C2)CC1=O. The van der Waals surface area contributed by atoms with Crippen molar-refractivity contribution in [3.05, 3.63) is 16.6 Å². The van der Waals surface area contributed by atoms with Crippen LogP contribution < -0.4 is 5.32 Å². The fourth-order valence-corrected chi connectivity index (χ4v) is 4.10. The number of carbonyl (C=O) groups is 1. The number of carbonyl (C=O) groups excluding carboxylic acids is 1. The zero-order chi connectivity index (χ0) is 15.7. The Morgan fingerprint density at radius 3 is 3.09 bits per heavy atom. The highest BCUT2D eigenvalue weighted by Crippen LogP contribution is 2.33. The predicted octanol–water partition coefficient (Wildman–Crippen LogP) is 1.50. The van der Waals surface area contributed by atoms with Crippen LogP contribution in [-0.2, 0) is 11.3 Å². The maximum atomic E-state index is 12.1. The van der Waals surface area contributed by atoms with Gasteiger partial charge in [0.25, 0.3) is 0 Å². The van der Waals surface area contributed by atoms with E-state index in [1.165, 1.54) is 4.90 Å². The van der Waals surface area contributed by atoms with Crippen molar-refractivity contribution in [1.82, 2.24) is 20.1 Å². The lowest BCUT2D eigenvalue weighted by molar-refractivity contribution is -0.130. The Labute approximate surface area is 135 Å². The van der Waals surface area contributed by atoms with Crippen molar-refractivity contribution >= 4 is 23.2 Å². The number of nitrogens with zero attached hydrogens (tertiary/aromatic N) is 3. The smallest absolute Gasteiger partial charge is 0.231 e. The van der Waals surface area contributed by atoms with Gasteiger partial charge in [0.1, 0.15) is 5.01 Å². The van der Waals surface area contributed by atoms with Crippen LogP contribution in [0.25, 0.3) is 0 Å². The number of piperidine rings is 1. The highest BCUT2D eigenvalue weighted by molar-refractivity contribution is 7.09. The normalized spacial score (nSPS) is 30.5. The standard InChI is InChI=1S/C15H23N5OS/c1-15(8-13(21)19(2)14(16)18-15)11-4-3-6-20(9-11)10-12-17-5-7-22-12/h5,7,11H,3-4,6,8-10H2,1-2H3,(H2,16,18)/t11?,15-/m0/s1. The van der Waals surface area contributed by atoms with Crippen LogP contribution in [-0.4, -0.2) is 52.3 Å². The minimum atomic E-state index is -0.317. The molecule has 0 aromatic carbocycles. The summed E-state index contributed by atoms with van der Waals surface area (Å²) >= 11 is 1.69. The second-order valence-electron chi connectivity index (χ2n) is 6.52. The van der Waals surface area contributed by atoms with Crippen molar-refractivity contribution in [3.8, 4) is 0 Å². The number of nitrogens with one attached hydrogen (secondary N) is 2. The third-order valence-corrected chi connectivity index (χ3v) is 5.65. The molecule has 2 aliphatic rings. The van der Waals surface area contributed by atoms with Crippen LogP contribution in [0.5, 0.6) is 0 Å². The van der Waals surface area contributed by atoms with E-state index in [4.69, 9.17) is 5.41 Å². The monoisotopic (exact) mass is 321 g/mol. The molecule has 1 aromatic heterocycles. The summed E-state index contributed by atoms with van der Waals surface area (Å²) in [5, 5.41) is 14.4. The molecule has 22 heavy (non-hydrogen) atoms. The number of thiazole rings is 1. The van der Waals surface area contributed by atoms with E-state index >= 15 is 0 Å². The molecule has 2 atom stereocenters. The fraction of sp³-hybridized carbons (Fsp3) is 0.667. The minimum absolute atomic E-state index is 0.0308. The Bertz CT molecular complexity index is 540. The average Bonchev–Trinajstić information content (AvgIpc) is 2.98. The molecule has 2 N–H and O–H groups in total. The number of hydrogen-bond acceptors (Lipinski definition) is 5. The molecule has 6 nitrogen and oxygen atoms in total. The number of aromatic nitrogens is 1. The molecule has 0 bridgehead atoms. The molecule has 0 saturated carbocycles. The van der Waals surface area contributed by atoms with Crippen molar-refractivity contribution in [2.45, 2.75) is 38.3 Å². The van der Waals surface area contributed by atoms with Crippen LogP contribution in [0.4, 0.5) is 0 Å². The van der Waals surface area contributed by atoms with E-state index in [1.807, 2.05) is 11.6 Å². The van der Waals surface area contributed by atoms with Crippen molar-refractivity contribution in [3.63, 3.8) is 0 Å². The topological polar surface area (TPSA) is 72.3 Å². The van der Waals surface area contributed by atoms with E-state index in [0.29, 0.717) is 12.3 Å². The summed E-state index contributed by atoms with van der Waals surface area (Å²) in [5.41, 5.74) is -0.317. The van der Waals surface area contributed by atoms with Gasteiger partial charge in [-0.15, -0.1) is 11.3 Å². The third-order valence-electron chi connectivity index (χ3n) is 4.88. The van der Waals surface area contributed by atoms with E-state index in [0.717, 1.165) is 37.5 Å². The summed E-state index contributed by atoms with van der Waals surface area (Å²) < 4.78 is 0. The molecule has 0 radical (unpaired) electrons. The molecular formula is C15H23N5OS. The van der Waals surface area contributed by atoms with Crippen LogP contribution in [0.15, 0.2) is 11.6 Å². The maximum absolute atomic E-state index is 12.1. The van der Waals surface area contributed by atoms with Gasteiger partial charge in [0, 0.05) is 25.2 Å². The average molecular weight is 321 g/mol. The van der Waals surface area contributed by atoms with Gasteiger partial charge < -0.3 is 5.32 Å². The minimum Gasteiger partial charge on any atom is -0.350 e.